The van der Waals surface area contributed by atoms with Crippen LogP contribution >= 0.6 is 0 Å². The van der Waals surface area contributed by atoms with E-state index in [9.17, 15) is 0 Å². The number of aryl methyl sites for hydroxylation is 1. The largest absolute Gasteiger partial charge is 0.396 e. The standard InChI is InChI=1S/C14H15N3/c1-9-12(15)13(10-7-8-10)17-14(16-9)11-5-3-2-4-6-11/h2-6,10H,7-8,15H2,1H3. The highest BCUT2D eigenvalue weighted by Gasteiger charge is 2.28. The van der Waals surface area contributed by atoms with Crippen LogP contribution in [0, 0.1) is 6.92 Å². The Morgan fingerprint density at radius 2 is 1.82 bits per heavy atom. The molecule has 86 valence electrons. The molecule has 0 aliphatic heterocycles. The third-order valence-electron chi connectivity index (χ3n) is 3.16. The third kappa shape index (κ3) is 1.88. The van der Waals surface area contributed by atoms with E-state index in [-0.39, 0.29) is 0 Å². The molecule has 1 aliphatic rings. The lowest BCUT2D eigenvalue weighted by molar-refractivity contribution is 0.981. The van der Waals surface area contributed by atoms with Crippen LogP contribution in [0.2, 0.25) is 0 Å². The second-order valence-corrected chi connectivity index (χ2v) is 4.57. The van der Waals surface area contributed by atoms with Gasteiger partial charge in [-0.3, -0.25) is 0 Å². The van der Waals surface area contributed by atoms with Gasteiger partial charge >= 0.3 is 0 Å². The van der Waals surface area contributed by atoms with Crippen molar-refractivity contribution in [1.82, 2.24) is 9.97 Å². The highest BCUT2D eigenvalue weighted by atomic mass is 14.9. The van der Waals surface area contributed by atoms with E-state index in [1.807, 2.05) is 37.3 Å². The average Bonchev–Trinajstić information content (AvgIpc) is 3.18. The van der Waals surface area contributed by atoms with Gasteiger partial charge < -0.3 is 5.73 Å². The van der Waals surface area contributed by atoms with Crippen LogP contribution in [0.5, 0.6) is 0 Å². The Bertz CT molecular complexity index is 545. The smallest absolute Gasteiger partial charge is 0.159 e. The summed E-state index contributed by atoms with van der Waals surface area (Å²) >= 11 is 0. The van der Waals surface area contributed by atoms with Gasteiger partial charge in [0, 0.05) is 11.5 Å². The van der Waals surface area contributed by atoms with Crippen molar-refractivity contribution >= 4 is 5.69 Å². The molecule has 1 aromatic heterocycles. The lowest BCUT2D eigenvalue weighted by Crippen LogP contribution is -2.04. The summed E-state index contributed by atoms with van der Waals surface area (Å²) in [6.07, 6.45) is 2.41. The first-order chi connectivity index (χ1) is 8.25. The van der Waals surface area contributed by atoms with E-state index in [0.29, 0.717) is 5.92 Å². The Kier molecular flexibility index (Phi) is 2.32. The van der Waals surface area contributed by atoms with Crippen molar-refractivity contribution in [1.29, 1.82) is 0 Å². The number of nitrogens with zero attached hydrogens (tertiary/aromatic N) is 2. The van der Waals surface area contributed by atoms with E-state index in [1.165, 1.54) is 12.8 Å². The van der Waals surface area contributed by atoms with Gasteiger partial charge in [0.2, 0.25) is 0 Å². The van der Waals surface area contributed by atoms with Crippen molar-refractivity contribution in [2.75, 3.05) is 5.73 Å². The van der Waals surface area contributed by atoms with Gasteiger partial charge in [0.1, 0.15) is 0 Å². The zero-order valence-electron chi connectivity index (χ0n) is 9.85. The van der Waals surface area contributed by atoms with Gasteiger partial charge in [-0.25, -0.2) is 9.97 Å². The Balaban J connectivity index is 2.12. The molecule has 3 rings (SSSR count). The third-order valence-corrected chi connectivity index (χ3v) is 3.16. The van der Waals surface area contributed by atoms with Crippen LogP contribution in [0.3, 0.4) is 0 Å². The molecule has 1 aromatic carbocycles. The molecule has 0 bridgehead atoms. The first kappa shape index (κ1) is 10.3. The van der Waals surface area contributed by atoms with E-state index in [4.69, 9.17) is 5.73 Å². The molecule has 0 unspecified atom stereocenters. The Labute approximate surface area is 101 Å². The molecule has 1 saturated carbocycles. The van der Waals surface area contributed by atoms with Gasteiger partial charge in [0.25, 0.3) is 0 Å². The van der Waals surface area contributed by atoms with Crippen LogP contribution in [0.25, 0.3) is 11.4 Å². The van der Waals surface area contributed by atoms with Crippen LogP contribution in [0.15, 0.2) is 30.3 Å². The van der Waals surface area contributed by atoms with Crippen molar-refractivity contribution in [2.45, 2.75) is 25.7 Å². The Morgan fingerprint density at radius 3 is 2.47 bits per heavy atom. The van der Waals surface area contributed by atoms with Crippen LogP contribution in [0.1, 0.15) is 30.1 Å². The zero-order chi connectivity index (χ0) is 11.8. The van der Waals surface area contributed by atoms with E-state index in [1.54, 1.807) is 0 Å². The monoisotopic (exact) mass is 225 g/mol. The van der Waals surface area contributed by atoms with E-state index in [2.05, 4.69) is 9.97 Å². The second-order valence-electron chi connectivity index (χ2n) is 4.57. The highest BCUT2D eigenvalue weighted by Crippen LogP contribution is 2.42. The summed E-state index contributed by atoms with van der Waals surface area (Å²) in [6.45, 7) is 1.95. The molecule has 1 heterocycles. The second kappa shape index (κ2) is 3.84. The van der Waals surface area contributed by atoms with Crippen molar-refractivity contribution in [3.8, 4) is 11.4 Å². The Hall–Kier alpha value is -1.90. The fourth-order valence-corrected chi connectivity index (χ4v) is 1.99. The minimum absolute atomic E-state index is 0.555. The van der Waals surface area contributed by atoms with Gasteiger partial charge in [-0.2, -0.15) is 0 Å². The lowest BCUT2D eigenvalue weighted by atomic mass is 10.1. The van der Waals surface area contributed by atoms with Gasteiger partial charge in [0.05, 0.1) is 17.1 Å². The summed E-state index contributed by atoms with van der Waals surface area (Å²) in [4.78, 5) is 9.11. The van der Waals surface area contributed by atoms with Crippen LogP contribution in [0.4, 0.5) is 5.69 Å². The Morgan fingerprint density at radius 1 is 1.12 bits per heavy atom. The summed E-state index contributed by atoms with van der Waals surface area (Å²) in [5.41, 5.74) is 9.80. The molecule has 3 heteroatoms. The normalized spacial score (nSPS) is 14.9. The maximum absolute atomic E-state index is 6.05. The quantitative estimate of drug-likeness (QED) is 0.855. The molecule has 3 nitrogen and oxygen atoms in total. The molecule has 0 radical (unpaired) electrons. The molecule has 17 heavy (non-hydrogen) atoms. The number of nitrogens with two attached hydrogens (primary N) is 1. The number of hydrogen-bond acceptors (Lipinski definition) is 3. The SMILES string of the molecule is Cc1nc(-c2ccccc2)nc(C2CC2)c1N. The highest BCUT2D eigenvalue weighted by molar-refractivity contribution is 5.60. The van der Waals surface area contributed by atoms with Crippen molar-refractivity contribution in [3.63, 3.8) is 0 Å². The molecule has 0 saturated heterocycles. The molecular formula is C14H15N3. The zero-order valence-corrected chi connectivity index (χ0v) is 9.85. The predicted octanol–water partition coefficient (Wildman–Crippen LogP) is 2.91. The molecule has 2 aromatic rings. The summed E-state index contributed by atoms with van der Waals surface area (Å²) in [5, 5.41) is 0. The van der Waals surface area contributed by atoms with Gasteiger partial charge in [-0.1, -0.05) is 30.3 Å². The summed E-state index contributed by atoms with van der Waals surface area (Å²) in [6, 6.07) is 10.1. The molecule has 2 N–H and O–H groups in total. The molecule has 0 atom stereocenters. The number of aromatic nitrogens is 2. The predicted molar refractivity (Wildman–Crippen MR) is 68.6 cm³/mol. The van der Waals surface area contributed by atoms with E-state index >= 15 is 0 Å². The minimum atomic E-state index is 0.555. The van der Waals surface area contributed by atoms with E-state index < -0.39 is 0 Å². The van der Waals surface area contributed by atoms with Gasteiger partial charge in [-0.05, 0) is 19.8 Å². The fraction of sp³-hybridized carbons (Fsp3) is 0.286. The fourth-order valence-electron chi connectivity index (χ4n) is 1.99. The van der Waals surface area contributed by atoms with Crippen LogP contribution in [-0.2, 0) is 0 Å². The topological polar surface area (TPSA) is 51.8 Å². The van der Waals surface area contributed by atoms with Crippen molar-refractivity contribution in [3.05, 3.63) is 41.7 Å². The molecule has 1 fully saturated rings. The minimum Gasteiger partial charge on any atom is -0.396 e. The molecule has 1 aliphatic carbocycles. The number of anilines is 1. The first-order valence-electron chi connectivity index (χ1n) is 5.95. The van der Waals surface area contributed by atoms with Crippen LogP contribution in [-0.4, -0.2) is 9.97 Å². The van der Waals surface area contributed by atoms with Crippen molar-refractivity contribution in [2.24, 2.45) is 0 Å². The number of nitrogen functional groups attached to an aromatic ring is 1. The van der Waals surface area contributed by atoms with E-state index in [0.717, 1.165) is 28.5 Å². The lowest BCUT2D eigenvalue weighted by Gasteiger charge is -2.09. The summed E-state index contributed by atoms with van der Waals surface area (Å²) in [7, 11) is 0. The van der Waals surface area contributed by atoms with Gasteiger partial charge in [-0.15, -0.1) is 0 Å². The summed E-state index contributed by atoms with van der Waals surface area (Å²) in [5.74, 6) is 1.35. The molecule has 0 spiro atoms. The maximum Gasteiger partial charge on any atom is 0.159 e. The summed E-state index contributed by atoms with van der Waals surface area (Å²) < 4.78 is 0. The number of benzene rings is 1. The first-order valence-corrected chi connectivity index (χ1v) is 5.95. The molecule has 0 amide bonds. The average molecular weight is 225 g/mol. The van der Waals surface area contributed by atoms with Crippen LogP contribution < -0.4 is 5.73 Å². The van der Waals surface area contributed by atoms with Gasteiger partial charge in [0.15, 0.2) is 5.82 Å². The maximum atomic E-state index is 6.05. The number of rotatable bonds is 2. The number of hydrogen-bond donors (Lipinski definition) is 1. The van der Waals surface area contributed by atoms with Crippen molar-refractivity contribution < 1.29 is 0 Å². The molecular weight excluding hydrogens is 210 g/mol.